The van der Waals surface area contributed by atoms with Gasteiger partial charge >= 0.3 is 0 Å². The second kappa shape index (κ2) is 5.85. The molecule has 3 rings (SSSR count). The first-order chi connectivity index (χ1) is 10.7. The summed E-state index contributed by atoms with van der Waals surface area (Å²) < 4.78 is 16.0. The summed E-state index contributed by atoms with van der Waals surface area (Å²) in [5.41, 5.74) is 7.23. The first kappa shape index (κ1) is 14.1. The highest BCUT2D eigenvalue weighted by molar-refractivity contribution is 6.08. The normalized spacial score (nSPS) is 12.6. The zero-order chi connectivity index (χ0) is 15.5. The molecular formula is C16H16N2O4. The monoisotopic (exact) mass is 300 g/mol. The summed E-state index contributed by atoms with van der Waals surface area (Å²) in [6, 6.07) is 10.2. The number of ether oxygens (including phenoxy) is 3. The van der Waals surface area contributed by atoms with Gasteiger partial charge in [-0.3, -0.25) is 4.79 Å². The zero-order valence-electron chi connectivity index (χ0n) is 12.1. The standard InChI is InChI=1S/C16H16N2O4/c1-20-11-3-4-12(13(17)9-11)16(19)18-10-2-5-14-15(8-10)22-7-6-21-14/h2-5,8-9H,6-7,17H2,1H3,(H,18,19). The molecule has 0 saturated carbocycles. The zero-order valence-corrected chi connectivity index (χ0v) is 12.1. The van der Waals surface area contributed by atoms with E-state index in [1.54, 1.807) is 43.5 Å². The van der Waals surface area contributed by atoms with Crippen molar-refractivity contribution in [3.63, 3.8) is 0 Å². The van der Waals surface area contributed by atoms with Gasteiger partial charge in [0.15, 0.2) is 11.5 Å². The van der Waals surface area contributed by atoms with Crippen molar-refractivity contribution in [2.24, 2.45) is 0 Å². The molecule has 6 heteroatoms. The molecule has 0 radical (unpaired) electrons. The van der Waals surface area contributed by atoms with Gasteiger partial charge in [0.2, 0.25) is 0 Å². The smallest absolute Gasteiger partial charge is 0.257 e. The summed E-state index contributed by atoms with van der Waals surface area (Å²) in [6.07, 6.45) is 0. The van der Waals surface area contributed by atoms with Crippen molar-refractivity contribution in [3.05, 3.63) is 42.0 Å². The third-order valence-electron chi connectivity index (χ3n) is 3.30. The highest BCUT2D eigenvalue weighted by Crippen LogP contribution is 2.33. The molecule has 2 aromatic carbocycles. The lowest BCUT2D eigenvalue weighted by Crippen LogP contribution is -2.17. The summed E-state index contributed by atoms with van der Waals surface area (Å²) in [5, 5.41) is 2.79. The van der Waals surface area contributed by atoms with Gasteiger partial charge < -0.3 is 25.3 Å². The minimum Gasteiger partial charge on any atom is -0.497 e. The molecule has 0 saturated heterocycles. The number of hydrogen-bond donors (Lipinski definition) is 2. The predicted molar refractivity (Wildman–Crippen MR) is 82.8 cm³/mol. The molecule has 0 unspecified atom stereocenters. The van der Waals surface area contributed by atoms with Crippen molar-refractivity contribution < 1.29 is 19.0 Å². The Morgan fingerprint density at radius 2 is 1.91 bits per heavy atom. The molecule has 1 aliphatic rings. The molecule has 0 fully saturated rings. The van der Waals surface area contributed by atoms with E-state index in [0.29, 0.717) is 47.4 Å². The van der Waals surface area contributed by atoms with Gasteiger partial charge in [-0.15, -0.1) is 0 Å². The Labute approximate surface area is 127 Å². The Morgan fingerprint density at radius 1 is 1.14 bits per heavy atom. The number of fused-ring (bicyclic) bond motifs is 1. The maximum atomic E-state index is 12.3. The van der Waals surface area contributed by atoms with Crippen molar-refractivity contribution in [2.75, 3.05) is 31.4 Å². The van der Waals surface area contributed by atoms with Crippen LogP contribution in [0, 0.1) is 0 Å². The van der Waals surface area contributed by atoms with Crippen LogP contribution in [0.3, 0.4) is 0 Å². The van der Waals surface area contributed by atoms with Crippen molar-refractivity contribution in [2.45, 2.75) is 0 Å². The Balaban J connectivity index is 1.79. The number of rotatable bonds is 3. The number of anilines is 2. The Morgan fingerprint density at radius 3 is 2.64 bits per heavy atom. The molecule has 1 heterocycles. The van der Waals surface area contributed by atoms with Gasteiger partial charge in [-0.05, 0) is 24.3 Å². The molecule has 1 amide bonds. The van der Waals surface area contributed by atoms with Crippen molar-refractivity contribution in [1.82, 2.24) is 0 Å². The molecule has 3 N–H and O–H groups in total. The molecule has 0 spiro atoms. The lowest BCUT2D eigenvalue weighted by molar-refractivity contribution is 0.102. The third-order valence-corrected chi connectivity index (χ3v) is 3.30. The topological polar surface area (TPSA) is 82.8 Å². The predicted octanol–water partition coefficient (Wildman–Crippen LogP) is 2.30. The van der Waals surface area contributed by atoms with E-state index in [1.807, 2.05) is 0 Å². The highest BCUT2D eigenvalue weighted by Gasteiger charge is 2.15. The van der Waals surface area contributed by atoms with Crippen LogP contribution in [0.25, 0.3) is 0 Å². The fraction of sp³-hybridized carbons (Fsp3) is 0.188. The lowest BCUT2D eigenvalue weighted by atomic mass is 10.1. The summed E-state index contributed by atoms with van der Waals surface area (Å²) >= 11 is 0. The quantitative estimate of drug-likeness (QED) is 0.850. The number of methoxy groups -OCH3 is 1. The van der Waals surface area contributed by atoms with Crippen LogP contribution in [0.5, 0.6) is 17.2 Å². The fourth-order valence-electron chi connectivity index (χ4n) is 2.19. The van der Waals surface area contributed by atoms with Crippen LogP contribution in [-0.4, -0.2) is 26.2 Å². The molecule has 1 aliphatic heterocycles. The maximum absolute atomic E-state index is 12.3. The van der Waals surface area contributed by atoms with Gasteiger partial charge in [-0.1, -0.05) is 0 Å². The lowest BCUT2D eigenvalue weighted by Gasteiger charge is -2.19. The summed E-state index contributed by atoms with van der Waals surface area (Å²) in [4.78, 5) is 12.3. The average molecular weight is 300 g/mol. The Bertz CT molecular complexity index is 715. The van der Waals surface area contributed by atoms with Crippen LogP contribution in [-0.2, 0) is 0 Å². The summed E-state index contributed by atoms with van der Waals surface area (Å²) in [6.45, 7) is 1.02. The van der Waals surface area contributed by atoms with Crippen molar-refractivity contribution in [3.8, 4) is 17.2 Å². The van der Waals surface area contributed by atoms with Gasteiger partial charge in [0, 0.05) is 23.5 Å². The number of nitrogen functional groups attached to an aromatic ring is 1. The number of amides is 1. The van der Waals surface area contributed by atoms with E-state index < -0.39 is 0 Å². The maximum Gasteiger partial charge on any atom is 0.257 e. The van der Waals surface area contributed by atoms with E-state index in [1.165, 1.54) is 0 Å². The molecule has 0 bridgehead atoms. The fourth-order valence-corrected chi connectivity index (χ4v) is 2.19. The number of nitrogens with one attached hydrogen (secondary N) is 1. The third kappa shape index (κ3) is 2.76. The van der Waals surface area contributed by atoms with Gasteiger partial charge in [0.1, 0.15) is 19.0 Å². The van der Waals surface area contributed by atoms with E-state index in [0.717, 1.165) is 0 Å². The van der Waals surface area contributed by atoms with Gasteiger partial charge in [0.25, 0.3) is 5.91 Å². The molecule has 22 heavy (non-hydrogen) atoms. The Kier molecular flexibility index (Phi) is 3.74. The number of benzene rings is 2. The van der Waals surface area contributed by atoms with E-state index in [-0.39, 0.29) is 5.91 Å². The molecule has 0 aromatic heterocycles. The SMILES string of the molecule is COc1ccc(C(=O)Nc2ccc3c(c2)OCCO3)c(N)c1. The second-order valence-corrected chi connectivity index (χ2v) is 4.77. The van der Waals surface area contributed by atoms with E-state index in [9.17, 15) is 4.79 Å². The number of nitrogens with two attached hydrogens (primary N) is 1. The summed E-state index contributed by atoms with van der Waals surface area (Å²) in [5.74, 6) is 1.60. The van der Waals surface area contributed by atoms with Crippen molar-refractivity contribution in [1.29, 1.82) is 0 Å². The molecule has 2 aromatic rings. The van der Waals surface area contributed by atoms with E-state index >= 15 is 0 Å². The minimum absolute atomic E-state index is 0.295. The molecule has 114 valence electrons. The van der Waals surface area contributed by atoms with Crippen LogP contribution in [0.1, 0.15) is 10.4 Å². The number of carbonyl (C=O) groups is 1. The van der Waals surface area contributed by atoms with E-state index in [4.69, 9.17) is 19.9 Å². The van der Waals surface area contributed by atoms with E-state index in [2.05, 4.69) is 5.32 Å². The van der Waals surface area contributed by atoms with Gasteiger partial charge in [0.05, 0.1) is 12.7 Å². The largest absolute Gasteiger partial charge is 0.497 e. The molecular weight excluding hydrogens is 284 g/mol. The van der Waals surface area contributed by atoms with Crippen molar-refractivity contribution >= 4 is 17.3 Å². The Hall–Kier alpha value is -2.89. The first-order valence-electron chi connectivity index (χ1n) is 6.82. The van der Waals surface area contributed by atoms with Crippen LogP contribution >= 0.6 is 0 Å². The first-order valence-corrected chi connectivity index (χ1v) is 6.82. The second-order valence-electron chi connectivity index (χ2n) is 4.77. The number of hydrogen-bond acceptors (Lipinski definition) is 5. The average Bonchev–Trinajstić information content (AvgIpc) is 2.54. The number of carbonyl (C=O) groups excluding carboxylic acids is 1. The molecule has 0 atom stereocenters. The van der Waals surface area contributed by atoms with Crippen LogP contribution < -0.4 is 25.3 Å². The molecule has 6 nitrogen and oxygen atoms in total. The van der Waals surface area contributed by atoms with Crippen LogP contribution in [0.15, 0.2) is 36.4 Å². The van der Waals surface area contributed by atoms with Gasteiger partial charge in [-0.25, -0.2) is 0 Å². The molecule has 0 aliphatic carbocycles. The van der Waals surface area contributed by atoms with Gasteiger partial charge in [-0.2, -0.15) is 0 Å². The summed E-state index contributed by atoms with van der Waals surface area (Å²) in [7, 11) is 1.55. The minimum atomic E-state index is -0.295. The van der Waals surface area contributed by atoms with Crippen LogP contribution in [0.4, 0.5) is 11.4 Å². The van der Waals surface area contributed by atoms with Crippen LogP contribution in [0.2, 0.25) is 0 Å². The highest BCUT2D eigenvalue weighted by atomic mass is 16.6.